The van der Waals surface area contributed by atoms with Crippen molar-refractivity contribution in [2.24, 2.45) is 11.8 Å². The fourth-order valence-electron chi connectivity index (χ4n) is 4.53. The van der Waals surface area contributed by atoms with Crippen molar-refractivity contribution < 1.29 is 28.6 Å². The number of ketones is 1. The van der Waals surface area contributed by atoms with Crippen molar-refractivity contribution in [2.75, 3.05) is 66.1 Å². The Morgan fingerprint density at radius 3 is 2.15 bits per heavy atom. The second-order valence-electron chi connectivity index (χ2n) is 14.6. The standard InChI is InChI=1S/C35H70N4O6S2/c1-11-31(47-46-10)15-13-12-14-30(40)23-29(25-44-33(42)22-28(2)3)24-43-32(41)16-18-36-19-17-35(7,8)45-27-39(9)26-37-20-21-38-34(4,5)6/h28-29,31,36-38H,11-27H2,1-10H3. The van der Waals surface area contributed by atoms with Gasteiger partial charge in [0.15, 0.2) is 0 Å². The number of nitrogens with zero attached hydrogens (tertiary/aromatic N) is 1. The lowest BCUT2D eigenvalue weighted by molar-refractivity contribution is -0.150. The number of hydrogen-bond donors (Lipinski definition) is 3. The summed E-state index contributed by atoms with van der Waals surface area (Å²) >= 11 is 0. The summed E-state index contributed by atoms with van der Waals surface area (Å²) < 4.78 is 17.1. The average Bonchev–Trinajstić information content (AvgIpc) is 2.97. The lowest BCUT2D eigenvalue weighted by Gasteiger charge is -2.29. The van der Waals surface area contributed by atoms with Gasteiger partial charge in [-0.3, -0.25) is 19.3 Å². The molecule has 0 fully saturated rings. The molecule has 2 unspecified atom stereocenters. The topological polar surface area (TPSA) is 118 Å². The summed E-state index contributed by atoms with van der Waals surface area (Å²) in [5.74, 6) is -0.639. The summed E-state index contributed by atoms with van der Waals surface area (Å²) in [7, 11) is 5.72. The second-order valence-corrected chi connectivity index (χ2v) is 17.4. The molecule has 0 amide bonds. The van der Waals surface area contributed by atoms with E-state index in [1.54, 1.807) is 10.8 Å². The van der Waals surface area contributed by atoms with Crippen LogP contribution in [-0.4, -0.2) is 105 Å². The number of carbonyl (C=O) groups is 3. The molecule has 0 aliphatic heterocycles. The highest BCUT2D eigenvalue weighted by Crippen LogP contribution is 2.29. The maximum absolute atomic E-state index is 12.8. The second kappa shape index (κ2) is 26.9. The zero-order valence-electron chi connectivity index (χ0n) is 31.5. The number of unbranched alkanes of at least 4 members (excludes halogenated alkanes) is 1. The number of ether oxygens (including phenoxy) is 3. The molecule has 0 radical (unpaired) electrons. The Labute approximate surface area is 295 Å². The van der Waals surface area contributed by atoms with Gasteiger partial charge in [0.25, 0.3) is 0 Å². The summed E-state index contributed by atoms with van der Waals surface area (Å²) in [5, 5.41) is 10.8. The molecule has 0 aromatic rings. The largest absolute Gasteiger partial charge is 0.465 e. The molecule has 47 heavy (non-hydrogen) atoms. The first-order chi connectivity index (χ1) is 22.1. The van der Waals surface area contributed by atoms with Crippen molar-refractivity contribution in [3.8, 4) is 0 Å². The summed E-state index contributed by atoms with van der Waals surface area (Å²) in [6.45, 7) is 21.1. The number of hydrogen-bond acceptors (Lipinski definition) is 12. The van der Waals surface area contributed by atoms with E-state index in [-0.39, 0.29) is 66.8 Å². The van der Waals surface area contributed by atoms with Gasteiger partial charge in [0.05, 0.1) is 25.2 Å². The van der Waals surface area contributed by atoms with Crippen LogP contribution in [0.5, 0.6) is 0 Å². The molecule has 0 aliphatic rings. The average molecular weight is 707 g/mol. The predicted molar refractivity (Wildman–Crippen MR) is 199 cm³/mol. The Morgan fingerprint density at radius 2 is 1.53 bits per heavy atom. The molecule has 0 aliphatic carbocycles. The molecular formula is C35H70N4O6S2. The number of nitrogens with one attached hydrogen (secondary N) is 3. The number of rotatable bonds is 30. The van der Waals surface area contributed by atoms with Crippen LogP contribution in [0.2, 0.25) is 0 Å². The normalized spacial score (nSPS) is 13.6. The summed E-state index contributed by atoms with van der Waals surface area (Å²) in [6, 6.07) is 0. The molecule has 12 heteroatoms. The highest BCUT2D eigenvalue weighted by atomic mass is 33.1. The quantitative estimate of drug-likeness (QED) is 0.0350. The van der Waals surface area contributed by atoms with Crippen LogP contribution in [0, 0.1) is 11.8 Å². The Balaban J connectivity index is 4.42. The first-order valence-electron chi connectivity index (χ1n) is 17.6. The molecule has 0 bridgehead atoms. The maximum atomic E-state index is 12.8. The maximum Gasteiger partial charge on any atom is 0.307 e. The van der Waals surface area contributed by atoms with Crippen molar-refractivity contribution >= 4 is 39.3 Å². The molecule has 278 valence electrons. The zero-order valence-corrected chi connectivity index (χ0v) is 33.1. The molecule has 3 N–H and O–H groups in total. The predicted octanol–water partition coefficient (Wildman–Crippen LogP) is 6.03. The van der Waals surface area contributed by atoms with Crippen LogP contribution >= 0.6 is 21.6 Å². The van der Waals surface area contributed by atoms with Gasteiger partial charge >= 0.3 is 11.9 Å². The van der Waals surface area contributed by atoms with E-state index in [1.165, 1.54) is 0 Å². The third-order valence-electron chi connectivity index (χ3n) is 7.39. The van der Waals surface area contributed by atoms with Gasteiger partial charge in [-0.15, -0.1) is 0 Å². The van der Waals surface area contributed by atoms with Gasteiger partial charge in [-0.05, 0) is 86.1 Å². The molecule has 0 saturated carbocycles. The van der Waals surface area contributed by atoms with Crippen molar-refractivity contribution in [1.82, 2.24) is 20.9 Å². The lowest BCUT2D eigenvalue weighted by atomic mass is 10.00. The SMILES string of the molecule is CCC(CCCCC(=O)CC(COC(=O)CCNCCC(C)(C)OCN(C)CNCCNC(C)(C)C)COC(=O)CC(C)C)SSC. The minimum absolute atomic E-state index is 0.0676. The molecule has 0 rings (SSSR count). The Morgan fingerprint density at radius 1 is 0.851 bits per heavy atom. The summed E-state index contributed by atoms with van der Waals surface area (Å²) in [6.07, 6.45) is 8.27. The van der Waals surface area contributed by atoms with Crippen LogP contribution < -0.4 is 16.0 Å². The summed E-state index contributed by atoms with van der Waals surface area (Å²) in [4.78, 5) is 39.5. The van der Waals surface area contributed by atoms with Gasteiger partial charge in [0.1, 0.15) is 12.5 Å². The smallest absolute Gasteiger partial charge is 0.307 e. The van der Waals surface area contributed by atoms with E-state index in [0.717, 1.165) is 51.9 Å². The molecule has 0 spiro atoms. The fourth-order valence-corrected chi connectivity index (χ4v) is 6.71. The molecular weight excluding hydrogens is 637 g/mol. The van der Waals surface area contributed by atoms with Crippen molar-refractivity contribution in [3.63, 3.8) is 0 Å². The highest BCUT2D eigenvalue weighted by Gasteiger charge is 2.21. The van der Waals surface area contributed by atoms with Crippen molar-refractivity contribution in [2.45, 2.75) is 130 Å². The van der Waals surface area contributed by atoms with Crippen LogP contribution in [0.3, 0.4) is 0 Å². The van der Waals surface area contributed by atoms with Crippen LogP contribution in [-0.2, 0) is 28.6 Å². The summed E-state index contributed by atoms with van der Waals surface area (Å²) in [5.41, 5.74) is -0.192. The first kappa shape index (κ1) is 46.1. The highest BCUT2D eigenvalue weighted by molar-refractivity contribution is 8.76. The van der Waals surface area contributed by atoms with Gasteiger partial charge in [-0.2, -0.15) is 0 Å². The van der Waals surface area contributed by atoms with E-state index in [4.69, 9.17) is 14.2 Å². The molecule has 0 saturated heterocycles. The molecule has 0 aromatic carbocycles. The van der Waals surface area contributed by atoms with Gasteiger partial charge in [-0.25, -0.2) is 0 Å². The van der Waals surface area contributed by atoms with Crippen LogP contribution in [0.1, 0.15) is 113 Å². The third kappa shape index (κ3) is 29.7. The van der Waals surface area contributed by atoms with E-state index < -0.39 is 0 Å². The molecule has 0 heterocycles. The van der Waals surface area contributed by atoms with E-state index >= 15 is 0 Å². The van der Waals surface area contributed by atoms with Gasteiger partial charge in [0.2, 0.25) is 0 Å². The Kier molecular flexibility index (Phi) is 26.4. The van der Waals surface area contributed by atoms with E-state index in [1.807, 2.05) is 31.7 Å². The minimum atomic E-state index is -0.336. The number of esters is 2. The van der Waals surface area contributed by atoms with Gasteiger partial charge in [-0.1, -0.05) is 48.8 Å². The van der Waals surface area contributed by atoms with E-state index in [0.29, 0.717) is 37.9 Å². The van der Waals surface area contributed by atoms with E-state index in [2.05, 4.69) is 68.6 Å². The van der Waals surface area contributed by atoms with Gasteiger partial charge < -0.3 is 30.2 Å². The van der Waals surface area contributed by atoms with Crippen molar-refractivity contribution in [1.29, 1.82) is 0 Å². The van der Waals surface area contributed by atoms with Gasteiger partial charge in [0, 0.05) is 62.3 Å². The Bertz CT molecular complexity index is 841. The minimum Gasteiger partial charge on any atom is -0.465 e. The molecule has 2 atom stereocenters. The fraction of sp³-hybridized carbons (Fsp3) is 0.914. The monoisotopic (exact) mass is 706 g/mol. The van der Waals surface area contributed by atoms with Crippen LogP contribution in [0.4, 0.5) is 0 Å². The number of Topliss-reactive ketones (excluding diaryl/α,β-unsaturated/α-hetero) is 1. The molecule has 0 aromatic heterocycles. The van der Waals surface area contributed by atoms with Crippen LogP contribution in [0.25, 0.3) is 0 Å². The third-order valence-corrected chi connectivity index (χ3v) is 9.82. The molecule has 10 nitrogen and oxygen atoms in total. The Hall–Kier alpha value is -0.890. The van der Waals surface area contributed by atoms with Crippen molar-refractivity contribution in [3.05, 3.63) is 0 Å². The zero-order chi connectivity index (χ0) is 35.7. The number of carbonyl (C=O) groups excluding carboxylic acids is 3. The lowest BCUT2D eigenvalue weighted by Crippen LogP contribution is -2.43. The first-order valence-corrected chi connectivity index (χ1v) is 20.2. The van der Waals surface area contributed by atoms with Crippen LogP contribution in [0.15, 0.2) is 0 Å². The van der Waals surface area contributed by atoms with E-state index in [9.17, 15) is 14.4 Å².